The molecular weight excluding hydrogens is 416 g/mol. The normalized spacial score (nSPS) is 20.3. The number of nitrogens with one attached hydrogen (secondary N) is 1. The molecule has 0 bridgehead atoms. The van der Waals surface area contributed by atoms with Gasteiger partial charge in [-0.2, -0.15) is 0 Å². The molecule has 3 aromatic rings. The SMILES string of the molecule is Cc1ncsc1CN1CCC(N2C(=O)NCCc3ccccc3C2c2ccccc2)CC1. The van der Waals surface area contributed by atoms with Gasteiger partial charge in [0.05, 0.1) is 17.2 Å². The average molecular weight is 447 g/mol. The third-order valence-electron chi connectivity index (χ3n) is 6.81. The number of urea groups is 1. The lowest BCUT2D eigenvalue weighted by molar-refractivity contribution is 0.100. The van der Waals surface area contributed by atoms with Gasteiger partial charge in [0, 0.05) is 37.1 Å². The first kappa shape index (κ1) is 21.2. The van der Waals surface area contributed by atoms with E-state index in [1.54, 1.807) is 11.3 Å². The fourth-order valence-electron chi connectivity index (χ4n) is 5.08. The first-order chi connectivity index (χ1) is 15.7. The van der Waals surface area contributed by atoms with Gasteiger partial charge in [-0.1, -0.05) is 54.6 Å². The number of hydrogen-bond acceptors (Lipinski definition) is 4. The average Bonchev–Trinajstić information content (AvgIpc) is 3.22. The molecule has 2 amide bonds. The molecular formula is C26H30N4OS. The fraction of sp³-hybridized carbons (Fsp3) is 0.385. The summed E-state index contributed by atoms with van der Waals surface area (Å²) < 4.78 is 0. The fourth-order valence-corrected chi connectivity index (χ4v) is 5.90. The van der Waals surface area contributed by atoms with Crippen LogP contribution in [0.5, 0.6) is 0 Å². The van der Waals surface area contributed by atoms with Crippen molar-refractivity contribution in [1.82, 2.24) is 20.1 Å². The summed E-state index contributed by atoms with van der Waals surface area (Å²) in [4.78, 5) is 23.8. The number of aromatic nitrogens is 1. The highest BCUT2D eigenvalue weighted by Crippen LogP contribution is 2.36. The molecule has 1 aromatic heterocycles. The zero-order valence-electron chi connectivity index (χ0n) is 18.5. The lowest BCUT2D eigenvalue weighted by atomic mass is 9.89. The number of carbonyl (C=O) groups excluding carboxylic acids is 1. The number of benzene rings is 2. The monoisotopic (exact) mass is 446 g/mol. The van der Waals surface area contributed by atoms with Crippen LogP contribution in [0.2, 0.25) is 0 Å². The van der Waals surface area contributed by atoms with Crippen LogP contribution in [-0.4, -0.2) is 46.5 Å². The van der Waals surface area contributed by atoms with E-state index in [0.717, 1.165) is 44.6 Å². The largest absolute Gasteiger partial charge is 0.338 e. The maximum atomic E-state index is 13.4. The molecule has 1 N–H and O–H groups in total. The highest BCUT2D eigenvalue weighted by Gasteiger charge is 2.36. The Morgan fingerprint density at radius 3 is 2.56 bits per heavy atom. The molecule has 0 saturated carbocycles. The van der Waals surface area contributed by atoms with Gasteiger partial charge in [0.2, 0.25) is 0 Å². The maximum absolute atomic E-state index is 13.4. The summed E-state index contributed by atoms with van der Waals surface area (Å²) >= 11 is 1.74. The lowest BCUT2D eigenvalue weighted by Crippen LogP contribution is -2.53. The Bertz CT molecular complexity index is 1060. The van der Waals surface area contributed by atoms with Crippen molar-refractivity contribution in [2.24, 2.45) is 0 Å². The van der Waals surface area contributed by atoms with Crippen LogP contribution >= 0.6 is 11.3 Å². The number of thiazole rings is 1. The molecule has 3 heterocycles. The first-order valence-corrected chi connectivity index (χ1v) is 12.4. The van der Waals surface area contributed by atoms with Crippen molar-refractivity contribution in [1.29, 1.82) is 0 Å². The van der Waals surface area contributed by atoms with Crippen molar-refractivity contribution in [3.8, 4) is 0 Å². The Morgan fingerprint density at radius 1 is 1.06 bits per heavy atom. The number of hydrogen-bond donors (Lipinski definition) is 1. The van der Waals surface area contributed by atoms with Crippen molar-refractivity contribution >= 4 is 17.4 Å². The van der Waals surface area contributed by atoms with Crippen LogP contribution in [0.3, 0.4) is 0 Å². The summed E-state index contributed by atoms with van der Waals surface area (Å²) in [7, 11) is 0. The van der Waals surface area contributed by atoms with Gasteiger partial charge in [0.25, 0.3) is 0 Å². The standard InChI is InChI=1S/C26H30N4OS/c1-19-24(32-18-28-19)17-29-15-12-22(13-16-29)30-25(21-8-3-2-4-9-21)23-10-6-5-7-20(23)11-14-27-26(30)31/h2-10,18,22,25H,11-17H2,1H3,(H,27,31). The van der Waals surface area contributed by atoms with Gasteiger partial charge >= 0.3 is 6.03 Å². The van der Waals surface area contributed by atoms with Crippen LogP contribution in [0.15, 0.2) is 60.1 Å². The number of carbonyl (C=O) groups is 1. The number of piperidine rings is 1. The van der Waals surface area contributed by atoms with E-state index in [0.29, 0.717) is 6.54 Å². The molecule has 2 aliphatic heterocycles. The van der Waals surface area contributed by atoms with Crippen LogP contribution in [0.25, 0.3) is 0 Å². The van der Waals surface area contributed by atoms with E-state index in [-0.39, 0.29) is 18.1 Å². The summed E-state index contributed by atoms with van der Waals surface area (Å²) in [5, 5.41) is 3.19. The van der Waals surface area contributed by atoms with Crippen LogP contribution in [0.1, 0.15) is 46.1 Å². The van der Waals surface area contributed by atoms with E-state index >= 15 is 0 Å². The van der Waals surface area contributed by atoms with Gasteiger partial charge in [-0.05, 0) is 42.9 Å². The van der Waals surface area contributed by atoms with Crippen molar-refractivity contribution < 1.29 is 4.79 Å². The van der Waals surface area contributed by atoms with Gasteiger partial charge < -0.3 is 10.2 Å². The molecule has 0 spiro atoms. The van der Waals surface area contributed by atoms with Gasteiger partial charge in [0.1, 0.15) is 0 Å². The molecule has 1 saturated heterocycles. The van der Waals surface area contributed by atoms with Crippen LogP contribution in [0.4, 0.5) is 4.79 Å². The molecule has 1 atom stereocenters. The van der Waals surface area contributed by atoms with Crippen molar-refractivity contribution in [2.75, 3.05) is 19.6 Å². The Kier molecular flexibility index (Phi) is 6.23. The second-order valence-electron chi connectivity index (χ2n) is 8.77. The zero-order valence-corrected chi connectivity index (χ0v) is 19.4. The molecule has 2 aromatic carbocycles. The minimum absolute atomic E-state index is 0.0603. The van der Waals surface area contributed by atoms with E-state index in [4.69, 9.17) is 0 Å². The minimum atomic E-state index is -0.0620. The smallest absolute Gasteiger partial charge is 0.318 e. The van der Waals surface area contributed by atoms with Crippen molar-refractivity contribution in [3.63, 3.8) is 0 Å². The third-order valence-corrected chi connectivity index (χ3v) is 7.73. The lowest BCUT2D eigenvalue weighted by Gasteiger charge is -2.44. The van der Waals surface area contributed by atoms with Gasteiger partial charge in [-0.25, -0.2) is 9.78 Å². The van der Waals surface area contributed by atoms with Crippen LogP contribution in [0, 0.1) is 6.92 Å². The Morgan fingerprint density at radius 2 is 1.81 bits per heavy atom. The van der Waals surface area contributed by atoms with E-state index in [2.05, 4.69) is 75.6 Å². The minimum Gasteiger partial charge on any atom is -0.338 e. The molecule has 5 rings (SSSR count). The number of rotatable bonds is 4. The summed E-state index contributed by atoms with van der Waals surface area (Å²) in [6, 6.07) is 19.4. The van der Waals surface area contributed by atoms with Crippen LogP contribution in [-0.2, 0) is 13.0 Å². The Labute approximate surface area is 194 Å². The summed E-state index contributed by atoms with van der Waals surface area (Å²) in [5.74, 6) is 0. The predicted molar refractivity (Wildman–Crippen MR) is 129 cm³/mol. The molecule has 6 heteroatoms. The topological polar surface area (TPSA) is 48.5 Å². The molecule has 166 valence electrons. The number of likely N-dealkylation sites (tertiary alicyclic amines) is 1. The number of amides is 2. The van der Waals surface area contributed by atoms with Gasteiger partial charge in [0.15, 0.2) is 0 Å². The summed E-state index contributed by atoms with van der Waals surface area (Å²) in [6.07, 6.45) is 2.83. The predicted octanol–water partition coefficient (Wildman–Crippen LogP) is 4.77. The molecule has 2 aliphatic rings. The molecule has 32 heavy (non-hydrogen) atoms. The molecule has 1 unspecified atom stereocenters. The second kappa shape index (κ2) is 9.43. The molecule has 1 fully saturated rings. The number of fused-ring (bicyclic) bond motifs is 1. The zero-order chi connectivity index (χ0) is 21.9. The highest BCUT2D eigenvalue weighted by atomic mass is 32.1. The Balaban J connectivity index is 1.43. The molecule has 0 radical (unpaired) electrons. The second-order valence-corrected chi connectivity index (χ2v) is 9.71. The quantitative estimate of drug-likeness (QED) is 0.628. The third kappa shape index (κ3) is 4.30. The van der Waals surface area contributed by atoms with E-state index in [1.807, 2.05) is 11.6 Å². The summed E-state index contributed by atoms with van der Waals surface area (Å²) in [6.45, 7) is 5.71. The van der Waals surface area contributed by atoms with E-state index < -0.39 is 0 Å². The highest BCUT2D eigenvalue weighted by molar-refractivity contribution is 7.09. The maximum Gasteiger partial charge on any atom is 0.318 e. The molecule has 5 nitrogen and oxygen atoms in total. The summed E-state index contributed by atoms with van der Waals surface area (Å²) in [5.41, 5.74) is 6.84. The van der Waals surface area contributed by atoms with Crippen LogP contribution < -0.4 is 5.32 Å². The Hall–Kier alpha value is -2.70. The van der Waals surface area contributed by atoms with E-state index in [9.17, 15) is 4.79 Å². The van der Waals surface area contributed by atoms with E-state index in [1.165, 1.54) is 21.6 Å². The van der Waals surface area contributed by atoms with Gasteiger partial charge in [-0.15, -0.1) is 11.3 Å². The van der Waals surface area contributed by atoms with Crippen molar-refractivity contribution in [2.45, 2.75) is 44.8 Å². The number of aryl methyl sites for hydroxylation is 1. The van der Waals surface area contributed by atoms with Gasteiger partial charge in [-0.3, -0.25) is 4.90 Å². The first-order valence-electron chi connectivity index (χ1n) is 11.5. The number of nitrogens with zero attached hydrogens (tertiary/aromatic N) is 3. The van der Waals surface area contributed by atoms with Crippen molar-refractivity contribution in [3.05, 3.63) is 87.4 Å². The molecule has 0 aliphatic carbocycles.